The zero-order chi connectivity index (χ0) is 14.5. The number of rotatable bonds is 6. The predicted molar refractivity (Wildman–Crippen MR) is 85.6 cm³/mol. The molecule has 1 fully saturated rings. The van der Waals surface area contributed by atoms with Gasteiger partial charge in [-0.15, -0.1) is 11.3 Å². The molecule has 1 amide bonds. The molecule has 0 bridgehead atoms. The van der Waals surface area contributed by atoms with Gasteiger partial charge in [-0.25, -0.2) is 4.68 Å². The van der Waals surface area contributed by atoms with Gasteiger partial charge in [0, 0.05) is 17.4 Å². The van der Waals surface area contributed by atoms with Crippen molar-refractivity contribution in [2.75, 3.05) is 5.32 Å². The molecule has 2 aromatic rings. The van der Waals surface area contributed by atoms with Gasteiger partial charge in [0.15, 0.2) is 0 Å². The highest BCUT2D eigenvalue weighted by molar-refractivity contribution is 7.09. The predicted octanol–water partition coefficient (Wildman–Crippen LogP) is 4.02. The highest BCUT2D eigenvalue weighted by atomic mass is 32.1. The molecule has 4 nitrogen and oxygen atoms in total. The van der Waals surface area contributed by atoms with Crippen molar-refractivity contribution in [2.45, 2.75) is 51.0 Å². The van der Waals surface area contributed by atoms with Gasteiger partial charge in [-0.2, -0.15) is 5.10 Å². The number of anilines is 1. The lowest BCUT2D eigenvalue weighted by Gasteiger charge is -2.14. The molecule has 21 heavy (non-hydrogen) atoms. The first-order valence-corrected chi connectivity index (χ1v) is 8.56. The Kier molecular flexibility index (Phi) is 4.70. The minimum absolute atomic E-state index is 0.0892. The molecule has 0 spiro atoms. The quantitative estimate of drug-likeness (QED) is 0.876. The van der Waals surface area contributed by atoms with Crippen LogP contribution >= 0.6 is 11.3 Å². The first-order chi connectivity index (χ1) is 10.3. The van der Waals surface area contributed by atoms with Gasteiger partial charge >= 0.3 is 0 Å². The lowest BCUT2D eigenvalue weighted by molar-refractivity contribution is -0.116. The van der Waals surface area contributed by atoms with Crippen LogP contribution in [0.15, 0.2) is 29.8 Å². The van der Waals surface area contributed by atoms with Crippen molar-refractivity contribution in [1.29, 1.82) is 0 Å². The van der Waals surface area contributed by atoms with Crippen LogP contribution in [0.5, 0.6) is 0 Å². The van der Waals surface area contributed by atoms with E-state index in [1.54, 1.807) is 17.5 Å². The van der Waals surface area contributed by atoms with Crippen LogP contribution < -0.4 is 5.32 Å². The van der Waals surface area contributed by atoms with Crippen molar-refractivity contribution in [1.82, 2.24) is 9.78 Å². The third-order valence-corrected chi connectivity index (χ3v) is 4.95. The van der Waals surface area contributed by atoms with Crippen LogP contribution in [-0.2, 0) is 11.2 Å². The highest BCUT2D eigenvalue weighted by Gasteiger charge is 2.20. The number of nitrogens with one attached hydrogen (secondary N) is 1. The summed E-state index contributed by atoms with van der Waals surface area (Å²) in [4.78, 5) is 13.4. The Morgan fingerprint density at radius 1 is 1.38 bits per heavy atom. The second-order valence-electron chi connectivity index (χ2n) is 5.58. The lowest BCUT2D eigenvalue weighted by atomic mass is 10.2. The molecular formula is C16H21N3OS. The molecule has 2 heterocycles. The minimum atomic E-state index is 0.0892. The van der Waals surface area contributed by atoms with E-state index >= 15 is 0 Å². The number of amides is 1. The summed E-state index contributed by atoms with van der Waals surface area (Å²) in [5, 5.41) is 9.47. The van der Waals surface area contributed by atoms with E-state index < -0.39 is 0 Å². The largest absolute Gasteiger partial charge is 0.311 e. The monoisotopic (exact) mass is 303 g/mol. The molecule has 1 aliphatic carbocycles. The van der Waals surface area contributed by atoms with Crippen molar-refractivity contribution in [3.63, 3.8) is 0 Å². The molecule has 0 unspecified atom stereocenters. The SMILES string of the molecule is O=C(CCCc1cccs1)Nc1ccnn1C1CCCC1. The third-order valence-electron chi connectivity index (χ3n) is 4.02. The fourth-order valence-corrected chi connectivity index (χ4v) is 3.69. The van der Waals surface area contributed by atoms with Crippen molar-refractivity contribution in [3.05, 3.63) is 34.7 Å². The second kappa shape index (κ2) is 6.89. The van der Waals surface area contributed by atoms with Gasteiger partial charge in [0.2, 0.25) is 5.91 Å². The molecule has 1 N–H and O–H groups in total. The smallest absolute Gasteiger partial charge is 0.225 e. The standard InChI is InChI=1S/C16H21N3OS/c20-16(9-3-7-14-8-4-12-21-14)18-15-10-11-17-19(15)13-5-1-2-6-13/h4,8,10-13H,1-3,5-7,9H2,(H,18,20). The Hall–Kier alpha value is -1.62. The maximum absolute atomic E-state index is 12.1. The maximum Gasteiger partial charge on any atom is 0.225 e. The number of aryl methyl sites for hydroxylation is 1. The van der Waals surface area contributed by atoms with Crippen LogP contribution in [0.25, 0.3) is 0 Å². The zero-order valence-electron chi connectivity index (χ0n) is 12.1. The molecule has 112 valence electrons. The van der Waals surface area contributed by atoms with Crippen molar-refractivity contribution >= 4 is 23.1 Å². The number of hydrogen-bond acceptors (Lipinski definition) is 3. The van der Waals surface area contributed by atoms with Gasteiger partial charge in [0.25, 0.3) is 0 Å². The van der Waals surface area contributed by atoms with Crippen LogP contribution in [0.3, 0.4) is 0 Å². The molecule has 1 saturated carbocycles. The van der Waals surface area contributed by atoms with E-state index in [1.165, 1.54) is 30.6 Å². The molecular weight excluding hydrogens is 282 g/mol. The summed E-state index contributed by atoms with van der Waals surface area (Å²) in [6, 6.07) is 6.54. The molecule has 2 aromatic heterocycles. The second-order valence-corrected chi connectivity index (χ2v) is 6.61. The maximum atomic E-state index is 12.1. The Morgan fingerprint density at radius 2 is 2.24 bits per heavy atom. The molecule has 0 radical (unpaired) electrons. The van der Waals surface area contributed by atoms with Crippen molar-refractivity contribution < 1.29 is 4.79 Å². The fraction of sp³-hybridized carbons (Fsp3) is 0.500. The van der Waals surface area contributed by atoms with E-state index in [2.05, 4.69) is 27.9 Å². The van der Waals surface area contributed by atoms with Gasteiger partial charge in [-0.1, -0.05) is 18.9 Å². The number of carbonyl (C=O) groups excluding carboxylic acids is 1. The van der Waals surface area contributed by atoms with Gasteiger partial charge < -0.3 is 5.32 Å². The average Bonchev–Trinajstić information content (AvgIpc) is 3.20. The Labute approximate surface area is 129 Å². The molecule has 0 atom stereocenters. The van der Waals surface area contributed by atoms with Gasteiger partial charge in [0.05, 0.1) is 12.2 Å². The third kappa shape index (κ3) is 3.73. The van der Waals surface area contributed by atoms with Crippen LogP contribution in [0.2, 0.25) is 0 Å². The first-order valence-electron chi connectivity index (χ1n) is 7.68. The molecule has 0 aliphatic heterocycles. The minimum Gasteiger partial charge on any atom is -0.311 e. The number of nitrogens with zero attached hydrogens (tertiary/aromatic N) is 2. The normalized spacial score (nSPS) is 15.4. The topological polar surface area (TPSA) is 46.9 Å². The van der Waals surface area contributed by atoms with Gasteiger partial charge in [-0.3, -0.25) is 4.79 Å². The molecule has 0 saturated heterocycles. The molecule has 5 heteroatoms. The zero-order valence-corrected chi connectivity index (χ0v) is 12.9. The average molecular weight is 303 g/mol. The summed E-state index contributed by atoms with van der Waals surface area (Å²) in [7, 11) is 0. The highest BCUT2D eigenvalue weighted by Crippen LogP contribution is 2.31. The van der Waals surface area contributed by atoms with E-state index in [0.717, 1.165) is 18.7 Å². The summed E-state index contributed by atoms with van der Waals surface area (Å²) in [5.41, 5.74) is 0. The summed E-state index contributed by atoms with van der Waals surface area (Å²) < 4.78 is 1.99. The lowest BCUT2D eigenvalue weighted by Crippen LogP contribution is -2.17. The fourth-order valence-electron chi connectivity index (χ4n) is 2.94. The van der Waals surface area contributed by atoms with Crippen LogP contribution in [0, 0.1) is 0 Å². The molecule has 3 rings (SSSR count). The molecule has 0 aromatic carbocycles. The first kappa shape index (κ1) is 14.3. The molecule has 1 aliphatic rings. The number of hydrogen-bond donors (Lipinski definition) is 1. The van der Waals surface area contributed by atoms with E-state index in [9.17, 15) is 4.79 Å². The van der Waals surface area contributed by atoms with E-state index in [1.807, 2.05) is 10.7 Å². The van der Waals surface area contributed by atoms with Gasteiger partial charge in [0.1, 0.15) is 5.82 Å². The Bertz CT molecular complexity index is 570. The van der Waals surface area contributed by atoms with E-state index in [-0.39, 0.29) is 5.91 Å². The summed E-state index contributed by atoms with van der Waals surface area (Å²) in [5.74, 6) is 0.939. The Morgan fingerprint density at radius 3 is 3.00 bits per heavy atom. The summed E-state index contributed by atoms with van der Waals surface area (Å²) in [6.07, 6.45) is 9.08. The van der Waals surface area contributed by atoms with Gasteiger partial charge in [-0.05, 0) is 37.1 Å². The Balaban J connectivity index is 1.49. The van der Waals surface area contributed by atoms with Crippen molar-refractivity contribution in [3.8, 4) is 0 Å². The van der Waals surface area contributed by atoms with Crippen LogP contribution in [0.1, 0.15) is 49.4 Å². The van der Waals surface area contributed by atoms with E-state index in [4.69, 9.17) is 0 Å². The number of thiophene rings is 1. The van der Waals surface area contributed by atoms with Crippen LogP contribution in [-0.4, -0.2) is 15.7 Å². The van der Waals surface area contributed by atoms with Crippen molar-refractivity contribution in [2.24, 2.45) is 0 Å². The summed E-state index contributed by atoms with van der Waals surface area (Å²) in [6.45, 7) is 0. The number of carbonyl (C=O) groups is 1. The number of aromatic nitrogens is 2. The van der Waals surface area contributed by atoms with E-state index in [0.29, 0.717) is 12.5 Å². The van der Waals surface area contributed by atoms with Crippen LogP contribution in [0.4, 0.5) is 5.82 Å². The summed E-state index contributed by atoms with van der Waals surface area (Å²) >= 11 is 1.75.